The van der Waals surface area contributed by atoms with Crippen LogP contribution in [0.1, 0.15) is 26.7 Å². The van der Waals surface area contributed by atoms with E-state index in [1.807, 2.05) is 0 Å². The van der Waals surface area contributed by atoms with E-state index in [-0.39, 0.29) is 13.2 Å². The number of carbonyl (C=O) groups excluding carboxylic acids is 4. The Labute approximate surface area is 313 Å². The lowest BCUT2D eigenvalue weighted by Crippen LogP contribution is -2.60. The molecule has 0 saturated heterocycles. The van der Waals surface area contributed by atoms with E-state index in [2.05, 4.69) is 109 Å². The molecule has 0 aromatic carbocycles. The summed E-state index contributed by atoms with van der Waals surface area (Å²) in [6.45, 7) is 32.5. The predicted octanol–water partition coefficient (Wildman–Crippen LogP) is 3.60. The van der Waals surface area contributed by atoms with E-state index in [1.54, 1.807) is 13.8 Å². The number of amides is 2. The Bertz CT molecular complexity index is 1020. The summed E-state index contributed by atoms with van der Waals surface area (Å²) in [4.78, 5) is 46.0. The first kappa shape index (κ1) is 49.9. The molecule has 0 aromatic rings. The van der Waals surface area contributed by atoms with Crippen molar-refractivity contribution in [3.8, 4) is 0 Å². The van der Waals surface area contributed by atoms with E-state index < -0.39 is 74.6 Å². The number of hydrogen-bond donors (Lipinski definition) is 4. The minimum Gasteiger partial charge on any atom is -0.459 e. The van der Waals surface area contributed by atoms with Gasteiger partial charge in [0.2, 0.25) is 0 Å². The molecule has 0 rings (SSSR count). The Balaban J connectivity index is 4.70. The van der Waals surface area contributed by atoms with Crippen LogP contribution in [0.4, 0.5) is 0 Å². The van der Waals surface area contributed by atoms with Gasteiger partial charge in [0.1, 0.15) is 0 Å². The fourth-order valence-corrected chi connectivity index (χ4v) is 35.8. The second kappa shape index (κ2) is 23.0. The van der Waals surface area contributed by atoms with E-state index in [0.29, 0.717) is 26.2 Å². The van der Waals surface area contributed by atoms with Crippen LogP contribution in [0.15, 0.2) is 0 Å². The highest BCUT2D eigenvalue weighted by atomic mass is 28.5. The summed E-state index contributed by atoms with van der Waals surface area (Å²) in [6, 6.07) is 1.90. The molecule has 51 heavy (non-hydrogen) atoms. The highest BCUT2D eigenvalue weighted by molar-refractivity contribution is 6.91. The van der Waals surface area contributed by atoms with Crippen molar-refractivity contribution in [2.45, 2.75) is 117 Å². The fraction of sp³-hybridized carbons (Fsp3) is 0.867. The fourth-order valence-electron chi connectivity index (χ4n) is 5.89. The zero-order valence-electron chi connectivity index (χ0n) is 34.0. The summed E-state index contributed by atoms with van der Waals surface area (Å²) in [7, 11) is -14.4. The Morgan fingerprint density at radius 1 is 0.431 bits per heavy atom. The van der Waals surface area contributed by atoms with Crippen molar-refractivity contribution < 1.29 is 49.2 Å². The monoisotopic (exact) mass is 830 g/mol. The largest absolute Gasteiger partial charge is 0.459 e. The SMILES string of the molecule is CCOC(=O)C(=O)NCCNCCC[Si](C)(C)O[Si](C)(C)O[Si](C)(C)O[Si](C)(C)O[Si](C)(C)O[Si](C)(C)CCCNCCNC(=O)C(=O)OCC. The van der Waals surface area contributed by atoms with Gasteiger partial charge < -0.3 is 51.3 Å². The lowest BCUT2D eigenvalue weighted by atomic mass is 10.4. The molecule has 2 amide bonds. The zero-order chi connectivity index (χ0) is 39.6. The standard InChI is InChI=1S/C30H70N4O11Si6/c1-15-39-29(37)27(35)33-23-21-31-19-17-25-46(3,4)41-48(7,8)43-50(11,12)45-51(13,14)44-49(9,10)42-47(5,6)26-18-20-32-22-24-34-28(36)30(38)40-16-2/h31-32H,15-26H2,1-14H3,(H,33,35)(H,34,36). The molecule has 15 nitrogen and oxygen atoms in total. The van der Waals surface area contributed by atoms with Gasteiger partial charge in [-0.05, 0) is 130 Å². The third-order valence-corrected chi connectivity index (χ3v) is 30.1. The quantitative estimate of drug-likeness (QED) is 0.0430. The second-order valence-corrected chi connectivity index (χ2v) is 38.6. The van der Waals surface area contributed by atoms with Crippen molar-refractivity contribution in [2.75, 3.05) is 52.5 Å². The number of hydrogen-bond acceptors (Lipinski definition) is 13. The maximum atomic E-state index is 11.6. The topological polar surface area (TPSA) is 181 Å². The molecule has 0 aromatic heterocycles. The minimum absolute atomic E-state index is 0.171. The molecule has 0 heterocycles. The molecule has 0 saturated carbocycles. The van der Waals surface area contributed by atoms with Gasteiger partial charge in [0.05, 0.1) is 13.2 Å². The van der Waals surface area contributed by atoms with Crippen LogP contribution in [-0.4, -0.2) is 127 Å². The average molecular weight is 831 g/mol. The van der Waals surface area contributed by atoms with Crippen LogP contribution in [0.5, 0.6) is 0 Å². The van der Waals surface area contributed by atoms with Crippen LogP contribution in [-0.2, 0) is 49.2 Å². The summed E-state index contributed by atoms with van der Waals surface area (Å²) in [5.74, 6) is -3.16. The maximum absolute atomic E-state index is 11.6. The first-order chi connectivity index (χ1) is 23.3. The van der Waals surface area contributed by atoms with Crippen LogP contribution in [0, 0.1) is 0 Å². The number of esters is 2. The normalized spacial score (nSPS) is 13.1. The number of carbonyl (C=O) groups is 4. The first-order valence-corrected chi connectivity index (χ1v) is 35.6. The minimum atomic E-state index is -2.63. The maximum Gasteiger partial charge on any atom is 0.396 e. The van der Waals surface area contributed by atoms with Crippen LogP contribution < -0.4 is 21.3 Å². The Kier molecular flexibility index (Phi) is 22.5. The van der Waals surface area contributed by atoms with Crippen molar-refractivity contribution in [3.05, 3.63) is 0 Å². The molecule has 300 valence electrons. The molecular weight excluding hydrogens is 761 g/mol. The molecule has 0 fully saturated rings. The molecule has 0 aliphatic carbocycles. The third-order valence-electron chi connectivity index (χ3n) is 6.88. The van der Waals surface area contributed by atoms with Crippen LogP contribution in [0.25, 0.3) is 0 Å². The van der Waals surface area contributed by atoms with Gasteiger partial charge in [-0.2, -0.15) is 0 Å². The van der Waals surface area contributed by atoms with E-state index in [0.717, 1.165) is 38.0 Å². The van der Waals surface area contributed by atoms with Gasteiger partial charge in [-0.3, -0.25) is 9.59 Å². The van der Waals surface area contributed by atoms with Gasteiger partial charge in [-0.15, -0.1) is 0 Å². The van der Waals surface area contributed by atoms with Crippen molar-refractivity contribution in [3.63, 3.8) is 0 Å². The second-order valence-electron chi connectivity index (χ2n) is 15.3. The van der Waals surface area contributed by atoms with Crippen molar-refractivity contribution in [2.24, 2.45) is 0 Å². The molecule has 0 atom stereocenters. The molecule has 0 aliphatic rings. The van der Waals surface area contributed by atoms with Crippen LogP contribution in [0.2, 0.25) is 90.7 Å². The van der Waals surface area contributed by atoms with Gasteiger partial charge >= 0.3 is 58.0 Å². The lowest BCUT2D eigenvalue weighted by Gasteiger charge is -2.43. The summed E-state index contributed by atoms with van der Waals surface area (Å²) in [5.41, 5.74) is 0. The molecule has 0 aliphatic heterocycles. The molecule has 0 bridgehead atoms. The number of ether oxygens (including phenoxy) is 2. The average Bonchev–Trinajstić information content (AvgIpc) is 2.92. The van der Waals surface area contributed by atoms with Gasteiger partial charge in [-0.1, -0.05) is 0 Å². The van der Waals surface area contributed by atoms with Crippen LogP contribution >= 0.6 is 0 Å². The summed E-state index contributed by atoms with van der Waals surface area (Å²) in [6.07, 6.45) is 1.85. The van der Waals surface area contributed by atoms with E-state index in [1.165, 1.54) is 0 Å². The van der Waals surface area contributed by atoms with E-state index in [9.17, 15) is 19.2 Å². The van der Waals surface area contributed by atoms with Crippen molar-refractivity contribution in [1.82, 2.24) is 21.3 Å². The Morgan fingerprint density at radius 2 is 0.725 bits per heavy atom. The van der Waals surface area contributed by atoms with Crippen LogP contribution in [0.3, 0.4) is 0 Å². The highest BCUT2D eigenvalue weighted by Crippen LogP contribution is 2.29. The highest BCUT2D eigenvalue weighted by Gasteiger charge is 2.47. The summed E-state index contributed by atoms with van der Waals surface area (Å²) in [5, 5.41) is 11.7. The Hall–Kier alpha value is -1.10. The van der Waals surface area contributed by atoms with Crippen molar-refractivity contribution in [1.29, 1.82) is 0 Å². The van der Waals surface area contributed by atoms with E-state index in [4.69, 9.17) is 20.6 Å². The lowest BCUT2D eigenvalue weighted by molar-refractivity contribution is -0.154. The molecule has 0 unspecified atom stereocenters. The summed E-state index contributed by atoms with van der Waals surface area (Å²) >= 11 is 0. The third kappa shape index (κ3) is 25.5. The van der Waals surface area contributed by atoms with Gasteiger partial charge in [-0.25, -0.2) is 9.59 Å². The molecule has 21 heteroatoms. The smallest absolute Gasteiger partial charge is 0.396 e. The zero-order valence-corrected chi connectivity index (χ0v) is 40.0. The van der Waals surface area contributed by atoms with Gasteiger partial charge in [0.15, 0.2) is 16.6 Å². The molecule has 0 radical (unpaired) electrons. The molecule has 0 spiro atoms. The predicted molar refractivity (Wildman–Crippen MR) is 214 cm³/mol. The summed E-state index contributed by atoms with van der Waals surface area (Å²) < 4.78 is 43.0. The first-order valence-electron chi connectivity index (χ1n) is 18.1. The Morgan fingerprint density at radius 3 is 1.02 bits per heavy atom. The van der Waals surface area contributed by atoms with E-state index >= 15 is 0 Å². The van der Waals surface area contributed by atoms with Gasteiger partial charge in [0, 0.05) is 26.2 Å². The molecule has 4 N–H and O–H groups in total. The van der Waals surface area contributed by atoms with Crippen molar-refractivity contribution >= 4 is 74.6 Å². The molecular formula is C30H70N4O11Si6. The number of rotatable bonds is 26. The van der Waals surface area contributed by atoms with Gasteiger partial charge in [0.25, 0.3) is 0 Å². The number of nitrogens with one attached hydrogen (secondary N) is 4.